The van der Waals surface area contributed by atoms with E-state index in [9.17, 15) is 4.79 Å². The fraction of sp³-hybridized carbons (Fsp3) is 0.0909. The Kier molecular flexibility index (Phi) is 4.88. The molecule has 0 aliphatic carbocycles. The number of hydrogen-bond donors (Lipinski definition) is 1. The van der Waals surface area contributed by atoms with Crippen LogP contribution in [0.5, 0.6) is 5.75 Å². The van der Waals surface area contributed by atoms with Crippen LogP contribution >= 0.6 is 15.9 Å². The van der Waals surface area contributed by atoms with Crippen molar-refractivity contribution in [2.24, 2.45) is 0 Å². The Bertz CT molecular complexity index is 1180. The molecule has 1 N–H and O–H groups in total. The van der Waals surface area contributed by atoms with Gasteiger partial charge in [-0.05, 0) is 55.0 Å². The third-order valence-corrected chi connectivity index (χ3v) is 4.91. The van der Waals surface area contributed by atoms with E-state index in [1.807, 2.05) is 55.5 Å². The normalized spacial score (nSPS) is 10.8. The summed E-state index contributed by atoms with van der Waals surface area (Å²) >= 11 is 3.39. The molecular weight excluding hydrogens is 420 g/mol. The van der Waals surface area contributed by atoms with Gasteiger partial charge in [0.1, 0.15) is 11.3 Å². The van der Waals surface area contributed by atoms with Crippen LogP contribution in [-0.4, -0.2) is 18.0 Å². The second-order valence-electron chi connectivity index (χ2n) is 6.35. The highest BCUT2D eigenvalue weighted by atomic mass is 79.9. The maximum absolute atomic E-state index is 12.6. The van der Waals surface area contributed by atoms with Crippen LogP contribution in [0.15, 0.2) is 69.6 Å². The Morgan fingerprint density at radius 1 is 1.11 bits per heavy atom. The van der Waals surface area contributed by atoms with Gasteiger partial charge in [0.25, 0.3) is 5.91 Å². The van der Waals surface area contributed by atoms with Gasteiger partial charge in [0, 0.05) is 27.4 Å². The second-order valence-corrected chi connectivity index (χ2v) is 7.26. The van der Waals surface area contributed by atoms with Crippen LogP contribution < -0.4 is 10.1 Å². The molecule has 0 bridgehead atoms. The number of nitrogens with zero attached hydrogens (tertiary/aromatic N) is 1. The van der Waals surface area contributed by atoms with Crippen LogP contribution in [0.1, 0.15) is 15.9 Å². The summed E-state index contributed by atoms with van der Waals surface area (Å²) in [6.45, 7) is 1.94. The van der Waals surface area contributed by atoms with Crippen LogP contribution in [0, 0.1) is 6.92 Å². The SMILES string of the molecule is COc1ccc2oc(-c3ccc(C)c(NC(=O)c4cccc(Br)c4)c3)nc2c1. The number of halogens is 1. The molecule has 1 aromatic heterocycles. The Hall–Kier alpha value is -3.12. The third kappa shape index (κ3) is 3.64. The van der Waals surface area contributed by atoms with Gasteiger partial charge in [0.15, 0.2) is 5.58 Å². The molecule has 3 aromatic carbocycles. The lowest BCUT2D eigenvalue weighted by molar-refractivity contribution is 0.102. The standard InChI is InChI=1S/C22H17BrN2O3/c1-13-6-7-15(22-25-19-12-17(27-2)8-9-20(19)28-22)11-18(13)24-21(26)14-4-3-5-16(23)10-14/h3-12H,1-2H3,(H,24,26). The molecule has 0 aliphatic rings. The van der Waals surface area contributed by atoms with Crippen molar-refractivity contribution < 1.29 is 13.9 Å². The van der Waals surface area contributed by atoms with Crippen LogP contribution in [-0.2, 0) is 0 Å². The molecule has 0 radical (unpaired) electrons. The lowest BCUT2D eigenvalue weighted by Gasteiger charge is -2.10. The van der Waals surface area contributed by atoms with Crippen molar-refractivity contribution in [3.8, 4) is 17.2 Å². The van der Waals surface area contributed by atoms with Gasteiger partial charge in [0.2, 0.25) is 5.89 Å². The zero-order valence-corrected chi connectivity index (χ0v) is 16.9. The number of hydrogen-bond acceptors (Lipinski definition) is 4. The molecule has 6 heteroatoms. The van der Waals surface area contributed by atoms with Crippen molar-refractivity contribution >= 4 is 38.6 Å². The van der Waals surface area contributed by atoms with Gasteiger partial charge >= 0.3 is 0 Å². The maximum Gasteiger partial charge on any atom is 0.255 e. The fourth-order valence-electron chi connectivity index (χ4n) is 2.87. The summed E-state index contributed by atoms with van der Waals surface area (Å²) in [5.41, 5.74) is 4.41. The van der Waals surface area contributed by atoms with Gasteiger partial charge in [-0.15, -0.1) is 0 Å². The lowest BCUT2D eigenvalue weighted by Crippen LogP contribution is -2.12. The summed E-state index contributed by atoms with van der Waals surface area (Å²) in [5.74, 6) is 1.03. The van der Waals surface area contributed by atoms with Gasteiger partial charge in [-0.3, -0.25) is 4.79 Å². The minimum Gasteiger partial charge on any atom is -0.497 e. The zero-order valence-electron chi connectivity index (χ0n) is 15.3. The number of carbonyl (C=O) groups is 1. The van der Waals surface area contributed by atoms with E-state index in [0.717, 1.165) is 26.9 Å². The van der Waals surface area contributed by atoms with Gasteiger partial charge in [-0.1, -0.05) is 28.1 Å². The molecule has 1 heterocycles. The first kappa shape index (κ1) is 18.3. The molecule has 28 heavy (non-hydrogen) atoms. The average molecular weight is 437 g/mol. The summed E-state index contributed by atoms with van der Waals surface area (Å²) in [6.07, 6.45) is 0. The van der Waals surface area contributed by atoms with E-state index >= 15 is 0 Å². The minimum absolute atomic E-state index is 0.177. The molecule has 0 spiro atoms. The molecule has 1 amide bonds. The molecule has 4 rings (SSSR count). The predicted octanol–water partition coefficient (Wildman–Crippen LogP) is 5.83. The smallest absolute Gasteiger partial charge is 0.255 e. The molecule has 5 nitrogen and oxygen atoms in total. The highest BCUT2D eigenvalue weighted by molar-refractivity contribution is 9.10. The number of rotatable bonds is 4. The molecule has 140 valence electrons. The average Bonchev–Trinajstić information content (AvgIpc) is 3.12. The van der Waals surface area contributed by atoms with Crippen molar-refractivity contribution in [3.63, 3.8) is 0 Å². The van der Waals surface area contributed by atoms with E-state index in [1.54, 1.807) is 19.2 Å². The number of aromatic nitrogens is 1. The predicted molar refractivity (Wildman–Crippen MR) is 113 cm³/mol. The van der Waals surface area contributed by atoms with Gasteiger partial charge in [-0.25, -0.2) is 4.98 Å². The molecule has 4 aromatic rings. The van der Waals surface area contributed by atoms with E-state index in [0.29, 0.717) is 22.7 Å². The molecular formula is C22H17BrN2O3. The number of carbonyl (C=O) groups excluding carboxylic acids is 1. The van der Waals surface area contributed by atoms with Gasteiger partial charge in [0.05, 0.1) is 7.11 Å². The number of benzene rings is 3. The Labute approximate surface area is 170 Å². The number of aryl methyl sites for hydroxylation is 1. The highest BCUT2D eigenvalue weighted by Gasteiger charge is 2.13. The number of fused-ring (bicyclic) bond motifs is 1. The first-order valence-electron chi connectivity index (χ1n) is 8.66. The largest absolute Gasteiger partial charge is 0.497 e. The summed E-state index contributed by atoms with van der Waals surface area (Å²) in [4.78, 5) is 17.1. The number of oxazole rings is 1. The monoisotopic (exact) mass is 436 g/mol. The van der Waals surface area contributed by atoms with E-state index < -0.39 is 0 Å². The van der Waals surface area contributed by atoms with E-state index in [-0.39, 0.29) is 5.91 Å². The second kappa shape index (κ2) is 7.48. The molecule has 0 aliphatic heterocycles. The van der Waals surface area contributed by atoms with E-state index in [4.69, 9.17) is 9.15 Å². The summed E-state index contributed by atoms with van der Waals surface area (Å²) in [6, 6.07) is 18.5. The number of methoxy groups -OCH3 is 1. The van der Waals surface area contributed by atoms with Crippen molar-refractivity contribution in [2.75, 3.05) is 12.4 Å². The molecule has 0 fully saturated rings. The lowest BCUT2D eigenvalue weighted by atomic mass is 10.1. The van der Waals surface area contributed by atoms with Crippen LogP contribution in [0.25, 0.3) is 22.6 Å². The molecule has 0 atom stereocenters. The van der Waals surface area contributed by atoms with Crippen molar-refractivity contribution in [3.05, 3.63) is 76.3 Å². The first-order valence-corrected chi connectivity index (χ1v) is 9.45. The summed E-state index contributed by atoms with van der Waals surface area (Å²) in [5, 5.41) is 2.97. The Balaban J connectivity index is 1.66. The highest BCUT2D eigenvalue weighted by Crippen LogP contribution is 2.29. The zero-order chi connectivity index (χ0) is 19.7. The van der Waals surface area contributed by atoms with Crippen LogP contribution in [0.4, 0.5) is 5.69 Å². The minimum atomic E-state index is -0.177. The van der Waals surface area contributed by atoms with Gasteiger partial charge < -0.3 is 14.5 Å². The number of ether oxygens (including phenoxy) is 1. The number of amides is 1. The van der Waals surface area contributed by atoms with Crippen LogP contribution in [0.3, 0.4) is 0 Å². The Morgan fingerprint density at radius 2 is 1.96 bits per heavy atom. The van der Waals surface area contributed by atoms with Crippen LogP contribution in [0.2, 0.25) is 0 Å². The quantitative estimate of drug-likeness (QED) is 0.437. The third-order valence-electron chi connectivity index (χ3n) is 4.41. The molecule has 0 saturated heterocycles. The van der Waals surface area contributed by atoms with Gasteiger partial charge in [-0.2, -0.15) is 0 Å². The van der Waals surface area contributed by atoms with Crippen molar-refractivity contribution in [1.29, 1.82) is 0 Å². The van der Waals surface area contributed by atoms with E-state index in [1.165, 1.54) is 0 Å². The fourth-order valence-corrected chi connectivity index (χ4v) is 3.27. The van der Waals surface area contributed by atoms with E-state index in [2.05, 4.69) is 26.2 Å². The van der Waals surface area contributed by atoms with Crippen molar-refractivity contribution in [2.45, 2.75) is 6.92 Å². The van der Waals surface area contributed by atoms with Crippen molar-refractivity contribution in [1.82, 2.24) is 4.98 Å². The number of nitrogens with one attached hydrogen (secondary N) is 1. The maximum atomic E-state index is 12.6. The molecule has 0 unspecified atom stereocenters. The summed E-state index contributed by atoms with van der Waals surface area (Å²) < 4.78 is 12.0. The molecule has 0 saturated carbocycles. The first-order chi connectivity index (χ1) is 13.5. The number of anilines is 1. The topological polar surface area (TPSA) is 64.4 Å². The Morgan fingerprint density at radius 3 is 2.75 bits per heavy atom. The summed E-state index contributed by atoms with van der Waals surface area (Å²) in [7, 11) is 1.61.